The zero-order valence-corrected chi connectivity index (χ0v) is 19.3. The van der Waals surface area contributed by atoms with Gasteiger partial charge in [-0.2, -0.15) is 0 Å². The zero-order valence-electron chi connectivity index (χ0n) is 19.3. The second-order valence-electron chi connectivity index (χ2n) is 8.17. The van der Waals surface area contributed by atoms with Gasteiger partial charge < -0.3 is 14.4 Å². The molecular formula is C26H30N2O6. The Morgan fingerprint density at radius 3 is 2.56 bits per heavy atom. The number of hydrogen-bond acceptors (Lipinski definition) is 6. The molecule has 0 aromatic heterocycles. The van der Waals surface area contributed by atoms with Crippen molar-refractivity contribution in [2.24, 2.45) is 0 Å². The summed E-state index contributed by atoms with van der Waals surface area (Å²) in [6.07, 6.45) is 3.52. The smallest absolute Gasteiger partial charge is 0.258 e. The fraction of sp³-hybridized carbons (Fsp3) is 0.385. The van der Waals surface area contributed by atoms with Crippen molar-refractivity contribution in [2.45, 2.75) is 44.8 Å². The number of aldehydes is 1. The summed E-state index contributed by atoms with van der Waals surface area (Å²) < 4.78 is 11.5. The molecule has 1 aliphatic rings. The van der Waals surface area contributed by atoms with Gasteiger partial charge in [0.25, 0.3) is 5.91 Å². The van der Waals surface area contributed by atoms with Gasteiger partial charge in [-0.15, -0.1) is 0 Å². The van der Waals surface area contributed by atoms with Crippen LogP contribution in [0.3, 0.4) is 0 Å². The lowest BCUT2D eigenvalue weighted by Gasteiger charge is -2.30. The second kappa shape index (κ2) is 12.6. The summed E-state index contributed by atoms with van der Waals surface area (Å²) in [5.74, 6) is -1.08. The number of hydrogen-bond donors (Lipinski definition) is 1. The molecule has 34 heavy (non-hydrogen) atoms. The van der Waals surface area contributed by atoms with Gasteiger partial charge in [0.05, 0.1) is 18.8 Å². The standard InChI is InChI=1S/C26H30N2O6/c1-28(21-13-14-23(30)27-25(21)31)26(32)24-20(17-29)11-8-12-22(24)34-16-7-3-6-15-33-18-19-9-4-2-5-10-19/h2,4-5,8-12,17,21H,3,6-7,13-16,18H2,1H3,(H,27,30,31). The highest BCUT2D eigenvalue weighted by Gasteiger charge is 2.34. The van der Waals surface area contributed by atoms with E-state index in [1.807, 2.05) is 30.3 Å². The van der Waals surface area contributed by atoms with Gasteiger partial charge in [0.2, 0.25) is 11.8 Å². The largest absolute Gasteiger partial charge is 0.493 e. The van der Waals surface area contributed by atoms with Gasteiger partial charge in [0.1, 0.15) is 11.8 Å². The molecule has 1 fully saturated rings. The number of benzene rings is 2. The summed E-state index contributed by atoms with van der Waals surface area (Å²) in [6, 6.07) is 14.0. The highest BCUT2D eigenvalue weighted by atomic mass is 16.5. The lowest BCUT2D eigenvalue weighted by atomic mass is 10.0. The molecule has 2 aromatic carbocycles. The monoisotopic (exact) mass is 466 g/mol. The Hall–Kier alpha value is -3.52. The minimum absolute atomic E-state index is 0.121. The van der Waals surface area contributed by atoms with Crippen LogP contribution in [-0.2, 0) is 20.9 Å². The van der Waals surface area contributed by atoms with Crippen molar-refractivity contribution in [3.63, 3.8) is 0 Å². The summed E-state index contributed by atoms with van der Waals surface area (Å²) in [5.41, 5.74) is 1.45. The highest BCUT2D eigenvalue weighted by molar-refractivity contribution is 6.07. The number of ether oxygens (including phenoxy) is 2. The van der Waals surface area contributed by atoms with Crippen molar-refractivity contribution >= 4 is 24.0 Å². The molecule has 1 atom stereocenters. The molecule has 180 valence electrons. The highest BCUT2D eigenvalue weighted by Crippen LogP contribution is 2.25. The third kappa shape index (κ3) is 6.74. The Bertz CT molecular complexity index is 1010. The number of amides is 3. The fourth-order valence-corrected chi connectivity index (χ4v) is 3.79. The van der Waals surface area contributed by atoms with Crippen LogP contribution >= 0.6 is 0 Å². The average molecular weight is 467 g/mol. The summed E-state index contributed by atoms with van der Waals surface area (Å²) in [7, 11) is 1.49. The van der Waals surface area contributed by atoms with Crippen molar-refractivity contribution in [1.82, 2.24) is 10.2 Å². The molecule has 1 aliphatic heterocycles. The second-order valence-corrected chi connectivity index (χ2v) is 8.17. The van der Waals surface area contributed by atoms with E-state index in [1.54, 1.807) is 12.1 Å². The third-order valence-electron chi connectivity index (χ3n) is 5.70. The molecule has 1 N–H and O–H groups in total. The maximum Gasteiger partial charge on any atom is 0.258 e. The summed E-state index contributed by atoms with van der Waals surface area (Å²) in [4.78, 5) is 49.7. The van der Waals surface area contributed by atoms with Crippen LogP contribution in [0.4, 0.5) is 0 Å². The van der Waals surface area contributed by atoms with Crippen molar-refractivity contribution < 1.29 is 28.7 Å². The zero-order chi connectivity index (χ0) is 24.3. The molecule has 3 amide bonds. The minimum Gasteiger partial charge on any atom is -0.493 e. The summed E-state index contributed by atoms with van der Waals surface area (Å²) in [5, 5.41) is 2.25. The first-order valence-electron chi connectivity index (χ1n) is 11.4. The number of likely N-dealkylation sites (N-methyl/N-ethyl adjacent to an activating group) is 1. The molecule has 1 unspecified atom stereocenters. The van der Waals surface area contributed by atoms with Gasteiger partial charge in [0, 0.05) is 25.6 Å². The van der Waals surface area contributed by atoms with E-state index in [-0.39, 0.29) is 29.9 Å². The first-order valence-corrected chi connectivity index (χ1v) is 11.4. The van der Waals surface area contributed by atoms with E-state index in [4.69, 9.17) is 9.47 Å². The average Bonchev–Trinajstić information content (AvgIpc) is 2.85. The lowest BCUT2D eigenvalue weighted by Crippen LogP contribution is -2.53. The van der Waals surface area contributed by atoms with Gasteiger partial charge in [-0.05, 0) is 37.3 Å². The fourth-order valence-electron chi connectivity index (χ4n) is 3.79. The topological polar surface area (TPSA) is 102 Å². The first kappa shape index (κ1) is 25.1. The molecule has 2 aromatic rings. The van der Waals surface area contributed by atoms with Crippen LogP contribution in [-0.4, -0.2) is 55.2 Å². The Morgan fingerprint density at radius 1 is 1.06 bits per heavy atom. The molecule has 0 aliphatic carbocycles. The number of nitrogens with one attached hydrogen (secondary N) is 1. The maximum atomic E-state index is 13.2. The van der Waals surface area contributed by atoms with Crippen LogP contribution in [0.5, 0.6) is 5.75 Å². The van der Waals surface area contributed by atoms with Crippen LogP contribution in [0.1, 0.15) is 58.4 Å². The molecule has 1 heterocycles. The lowest BCUT2D eigenvalue weighted by molar-refractivity contribution is -0.136. The predicted octanol–water partition coefficient (Wildman–Crippen LogP) is 3.14. The number of imide groups is 1. The Labute approximate surface area is 199 Å². The summed E-state index contributed by atoms with van der Waals surface area (Å²) in [6.45, 7) is 1.61. The Balaban J connectivity index is 1.51. The SMILES string of the molecule is CN(C(=O)c1c(C=O)cccc1OCCCCCOCc1ccccc1)C1CCC(=O)NC1=O. The van der Waals surface area contributed by atoms with Crippen molar-refractivity contribution in [3.05, 3.63) is 65.2 Å². The minimum atomic E-state index is -0.784. The van der Waals surface area contributed by atoms with E-state index in [0.717, 1.165) is 24.8 Å². The molecule has 0 saturated carbocycles. The van der Waals surface area contributed by atoms with Gasteiger partial charge in [-0.25, -0.2) is 0 Å². The van der Waals surface area contributed by atoms with Crippen molar-refractivity contribution in [3.8, 4) is 5.75 Å². The van der Waals surface area contributed by atoms with E-state index >= 15 is 0 Å². The van der Waals surface area contributed by atoms with E-state index in [0.29, 0.717) is 31.9 Å². The number of unbranched alkanes of at least 4 members (excludes halogenated alkanes) is 2. The van der Waals surface area contributed by atoms with Gasteiger partial charge in [0.15, 0.2) is 6.29 Å². The quantitative estimate of drug-likeness (QED) is 0.293. The summed E-state index contributed by atoms with van der Waals surface area (Å²) >= 11 is 0. The maximum absolute atomic E-state index is 13.2. The molecule has 1 saturated heterocycles. The van der Waals surface area contributed by atoms with Crippen LogP contribution in [0.15, 0.2) is 48.5 Å². The number of carbonyl (C=O) groups excluding carboxylic acids is 4. The van der Waals surface area contributed by atoms with Gasteiger partial charge in [-0.3, -0.25) is 24.5 Å². The first-order chi connectivity index (χ1) is 16.5. The van der Waals surface area contributed by atoms with E-state index in [9.17, 15) is 19.2 Å². The Kier molecular flexibility index (Phi) is 9.34. The number of carbonyl (C=O) groups is 4. The third-order valence-corrected chi connectivity index (χ3v) is 5.70. The van der Waals surface area contributed by atoms with Gasteiger partial charge in [-0.1, -0.05) is 42.5 Å². The molecule has 0 radical (unpaired) electrons. The van der Waals surface area contributed by atoms with Crippen LogP contribution in [0.25, 0.3) is 0 Å². The molecule has 8 nitrogen and oxygen atoms in total. The molecule has 8 heteroatoms. The number of nitrogens with zero attached hydrogens (tertiary/aromatic N) is 1. The predicted molar refractivity (Wildman–Crippen MR) is 126 cm³/mol. The van der Waals surface area contributed by atoms with Crippen LogP contribution in [0.2, 0.25) is 0 Å². The van der Waals surface area contributed by atoms with E-state index < -0.39 is 17.9 Å². The normalized spacial score (nSPS) is 15.5. The Morgan fingerprint density at radius 2 is 1.82 bits per heavy atom. The number of piperidine rings is 1. The van der Waals surface area contributed by atoms with Crippen LogP contribution < -0.4 is 10.1 Å². The van der Waals surface area contributed by atoms with E-state index in [2.05, 4.69) is 5.32 Å². The molecule has 0 bridgehead atoms. The molecule has 0 spiro atoms. The van der Waals surface area contributed by atoms with E-state index in [1.165, 1.54) is 18.0 Å². The van der Waals surface area contributed by atoms with Crippen LogP contribution in [0, 0.1) is 0 Å². The van der Waals surface area contributed by atoms with Crippen molar-refractivity contribution in [2.75, 3.05) is 20.3 Å². The van der Waals surface area contributed by atoms with Gasteiger partial charge >= 0.3 is 0 Å². The molecule has 3 rings (SSSR count). The van der Waals surface area contributed by atoms with Crippen molar-refractivity contribution in [1.29, 1.82) is 0 Å². The molecular weight excluding hydrogens is 436 g/mol. The number of rotatable bonds is 12.